The average Bonchev–Trinajstić information content (AvgIpc) is 2.75. The van der Waals surface area contributed by atoms with Gasteiger partial charge >= 0.3 is 0 Å². The van der Waals surface area contributed by atoms with Gasteiger partial charge in [-0.05, 0) is 18.8 Å². The quantitative estimate of drug-likeness (QED) is 0.642. The molecule has 2 amide bonds. The molecule has 0 saturated carbocycles. The van der Waals surface area contributed by atoms with Crippen LogP contribution in [0.15, 0.2) is 0 Å². The molecule has 0 aromatic carbocycles. The smallest absolute Gasteiger partial charge is 0.291 e. The lowest BCUT2D eigenvalue weighted by Crippen LogP contribution is -2.39. The highest BCUT2D eigenvalue weighted by molar-refractivity contribution is 5.90. The summed E-state index contributed by atoms with van der Waals surface area (Å²) < 4.78 is 0. The van der Waals surface area contributed by atoms with E-state index in [9.17, 15) is 9.59 Å². The predicted octanol–water partition coefficient (Wildman–Crippen LogP) is -0.885. The van der Waals surface area contributed by atoms with Crippen LogP contribution >= 0.6 is 0 Å². The van der Waals surface area contributed by atoms with Gasteiger partial charge in [0.15, 0.2) is 0 Å². The van der Waals surface area contributed by atoms with Crippen molar-refractivity contribution in [3.63, 3.8) is 0 Å². The van der Waals surface area contributed by atoms with Crippen molar-refractivity contribution < 1.29 is 9.59 Å². The number of likely N-dealkylation sites (tertiary alicyclic amines) is 1. The van der Waals surface area contributed by atoms with Crippen molar-refractivity contribution in [2.75, 3.05) is 18.8 Å². The molecule has 2 rings (SSSR count). The Kier molecular flexibility index (Phi) is 3.45. The molecule has 1 fully saturated rings. The Bertz CT molecular complexity index is 449. The molecule has 1 aliphatic heterocycles. The number of primary amides is 1. The molecule has 0 aliphatic carbocycles. The first-order valence-electron chi connectivity index (χ1n) is 5.81. The molecular weight excluding hydrogens is 236 g/mol. The van der Waals surface area contributed by atoms with Crippen molar-refractivity contribution in [1.82, 2.24) is 20.1 Å². The van der Waals surface area contributed by atoms with Gasteiger partial charge < -0.3 is 16.4 Å². The summed E-state index contributed by atoms with van der Waals surface area (Å²) in [6, 6.07) is 0. The Morgan fingerprint density at radius 2 is 2.06 bits per heavy atom. The van der Waals surface area contributed by atoms with Gasteiger partial charge in [0, 0.05) is 19.5 Å². The van der Waals surface area contributed by atoms with E-state index >= 15 is 0 Å². The Hall–Kier alpha value is -2.12. The number of piperidine rings is 1. The van der Waals surface area contributed by atoms with Crippen LogP contribution in [0.3, 0.4) is 0 Å². The largest absolute Gasteiger partial charge is 0.370 e. The Morgan fingerprint density at radius 1 is 1.39 bits per heavy atom. The van der Waals surface area contributed by atoms with Crippen molar-refractivity contribution in [1.29, 1.82) is 0 Å². The molecule has 18 heavy (non-hydrogen) atoms. The maximum atomic E-state index is 12.0. The highest BCUT2D eigenvalue weighted by Crippen LogP contribution is 2.20. The molecule has 2 heterocycles. The number of nitrogen functional groups attached to an aromatic ring is 1. The first-order chi connectivity index (χ1) is 8.56. The van der Waals surface area contributed by atoms with Crippen LogP contribution in [0.2, 0.25) is 0 Å². The summed E-state index contributed by atoms with van der Waals surface area (Å²) >= 11 is 0. The second kappa shape index (κ2) is 5.03. The highest BCUT2D eigenvalue weighted by Gasteiger charge is 2.26. The fourth-order valence-electron chi connectivity index (χ4n) is 2.14. The van der Waals surface area contributed by atoms with Crippen molar-refractivity contribution in [3.8, 4) is 0 Å². The lowest BCUT2D eigenvalue weighted by atomic mass is 9.93. The minimum absolute atomic E-state index is 0.0574. The van der Waals surface area contributed by atoms with Crippen molar-refractivity contribution in [2.45, 2.75) is 19.3 Å². The van der Waals surface area contributed by atoms with E-state index in [1.807, 2.05) is 0 Å². The molecule has 0 spiro atoms. The molecule has 0 bridgehead atoms. The van der Waals surface area contributed by atoms with Gasteiger partial charge in [-0.15, -0.1) is 5.10 Å². The zero-order valence-corrected chi connectivity index (χ0v) is 9.93. The number of anilines is 1. The van der Waals surface area contributed by atoms with Crippen LogP contribution in [0.5, 0.6) is 0 Å². The Labute approximate surface area is 104 Å². The van der Waals surface area contributed by atoms with Crippen LogP contribution in [-0.2, 0) is 4.79 Å². The number of H-pyrrole nitrogens is 1. The molecule has 8 nitrogen and oxygen atoms in total. The zero-order valence-electron chi connectivity index (χ0n) is 9.93. The lowest BCUT2D eigenvalue weighted by Gasteiger charge is -2.30. The van der Waals surface area contributed by atoms with Crippen LogP contribution in [0.1, 0.15) is 29.9 Å². The normalized spacial score (nSPS) is 16.8. The van der Waals surface area contributed by atoms with Crippen molar-refractivity contribution >= 4 is 17.8 Å². The fraction of sp³-hybridized carbons (Fsp3) is 0.600. The number of nitrogens with two attached hydrogens (primary N) is 2. The van der Waals surface area contributed by atoms with E-state index in [-0.39, 0.29) is 29.5 Å². The van der Waals surface area contributed by atoms with Crippen LogP contribution in [-0.4, -0.2) is 45.0 Å². The number of carbonyl (C=O) groups excluding carboxylic acids is 2. The van der Waals surface area contributed by atoms with E-state index < -0.39 is 0 Å². The summed E-state index contributed by atoms with van der Waals surface area (Å²) in [4.78, 5) is 28.3. The van der Waals surface area contributed by atoms with Crippen molar-refractivity contribution in [3.05, 3.63) is 5.82 Å². The van der Waals surface area contributed by atoms with Crippen LogP contribution in [0, 0.1) is 5.92 Å². The molecule has 1 aromatic rings. The SMILES string of the molecule is NC(=O)CC1CCN(C(=O)c2nc(N)n[nH]2)CC1. The van der Waals surface area contributed by atoms with E-state index in [0.29, 0.717) is 19.5 Å². The second-order valence-electron chi connectivity index (χ2n) is 4.45. The number of aromatic amines is 1. The van der Waals surface area contributed by atoms with Gasteiger partial charge in [0.25, 0.3) is 5.91 Å². The summed E-state index contributed by atoms with van der Waals surface area (Å²) in [7, 11) is 0. The molecule has 1 aliphatic rings. The maximum Gasteiger partial charge on any atom is 0.291 e. The molecule has 8 heteroatoms. The van der Waals surface area contributed by atoms with E-state index in [4.69, 9.17) is 11.5 Å². The molecule has 1 aromatic heterocycles. The number of rotatable bonds is 3. The van der Waals surface area contributed by atoms with Gasteiger partial charge in [-0.1, -0.05) is 0 Å². The molecule has 5 N–H and O–H groups in total. The Balaban J connectivity index is 1.90. The number of amides is 2. The molecule has 1 saturated heterocycles. The molecule has 0 atom stereocenters. The van der Waals surface area contributed by atoms with Gasteiger partial charge in [0.2, 0.25) is 17.7 Å². The number of nitrogens with zero attached hydrogens (tertiary/aromatic N) is 3. The summed E-state index contributed by atoms with van der Waals surface area (Å²) in [6.07, 6.45) is 1.94. The van der Waals surface area contributed by atoms with Crippen molar-refractivity contribution in [2.24, 2.45) is 11.7 Å². The summed E-state index contributed by atoms with van der Waals surface area (Å²) in [5.41, 5.74) is 10.5. The van der Waals surface area contributed by atoms with Gasteiger partial charge in [-0.2, -0.15) is 4.98 Å². The highest BCUT2D eigenvalue weighted by atomic mass is 16.2. The van der Waals surface area contributed by atoms with Crippen LogP contribution in [0.25, 0.3) is 0 Å². The average molecular weight is 252 g/mol. The third kappa shape index (κ3) is 2.76. The topological polar surface area (TPSA) is 131 Å². The number of nitrogens with one attached hydrogen (secondary N) is 1. The second-order valence-corrected chi connectivity index (χ2v) is 4.45. The molecular formula is C10H16N6O2. The van der Waals surface area contributed by atoms with Crippen LogP contribution in [0.4, 0.5) is 5.95 Å². The third-order valence-corrected chi connectivity index (χ3v) is 3.10. The minimum Gasteiger partial charge on any atom is -0.370 e. The minimum atomic E-state index is -0.289. The summed E-state index contributed by atoms with van der Waals surface area (Å²) in [5.74, 6) is -0.0197. The van der Waals surface area contributed by atoms with Gasteiger partial charge in [-0.3, -0.25) is 14.7 Å². The number of aromatic nitrogens is 3. The summed E-state index contributed by atoms with van der Waals surface area (Å²) in [5, 5.41) is 6.11. The van der Waals surface area contributed by atoms with Gasteiger partial charge in [0.1, 0.15) is 0 Å². The first-order valence-corrected chi connectivity index (χ1v) is 5.81. The number of hydrogen-bond acceptors (Lipinski definition) is 5. The molecule has 98 valence electrons. The number of hydrogen-bond donors (Lipinski definition) is 3. The zero-order chi connectivity index (χ0) is 13.1. The van der Waals surface area contributed by atoms with E-state index in [1.54, 1.807) is 4.90 Å². The molecule has 0 unspecified atom stereocenters. The maximum absolute atomic E-state index is 12.0. The van der Waals surface area contributed by atoms with E-state index in [1.165, 1.54) is 0 Å². The first kappa shape index (κ1) is 12.3. The summed E-state index contributed by atoms with van der Waals surface area (Å²) in [6.45, 7) is 1.19. The predicted molar refractivity (Wildman–Crippen MR) is 63.2 cm³/mol. The molecule has 0 radical (unpaired) electrons. The van der Waals surface area contributed by atoms with E-state index in [0.717, 1.165) is 12.8 Å². The standard InChI is InChI=1S/C10H16N6O2/c11-7(17)5-6-1-3-16(4-2-6)9(18)8-13-10(12)15-14-8/h6H,1-5H2,(H2,11,17)(H3,12,13,14,15). The van der Waals surface area contributed by atoms with Gasteiger partial charge in [0.05, 0.1) is 0 Å². The van der Waals surface area contributed by atoms with E-state index in [2.05, 4.69) is 15.2 Å². The van der Waals surface area contributed by atoms with Crippen LogP contribution < -0.4 is 11.5 Å². The third-order valence-electron chi connectivity index (χ3n) is 3.10. The lowest BCUT2D eigenvalue weighted by molar-refractivity contribution is -0.119. The Morgan fingerprint density at radius 3 is 2.56 bits per heavy atom. The fourth-order valence-corrected chi connectivity index (χ4v) is 2.14. The monoisotopic (exact) mass is 252 g/mol. The number of carbonyl (C=O) groups is 2. The van der Waals surface area contributed by atoms with Gasteiger partial charge in [-0.25, -0.2) is 0 Å².